The number of rotatable bonds is 1. The summed E-state index contributed by atoms with van der Waals surface area (Å²) < 4.78 is 0. The van der Waals surface area contributed by atoms with Crippen LogP contribution < -0.4 is 0 Å². The van der Waals surface area contributed by atoms with Crippen LogP contribution in [0.1, 0.15) is 32.6 Å². The van der Waals surface area contributed by atoms with Gasteiger partial charge in [0.15, 0.2) is 0 Å². The molecule has 0 heteroatoms. The van der Waals surface area contributed by atoms with Crippen molar-refractivity contribution in [1.29, 1.82) is 0 Å². The van der Waals surface area contributed by atoms with Crippen molar-refractivity contribution in [3.8, 4) is 0 Å². The average Bonchev–Trinajstić information content (AvgIpc) is 2.00. The molecule has 1 atom stereocenters. The van der Waals surface area contributed by atoms with Crippen molar-refractivity contribution in [2.24, 2.45) is 5.92 Å². The maximum atomic E-state index is 3.72. The molecule has 0 spiro atoms. The summed E-state index contributed by atoms with van der Waals surface area (Å²) in [6.07, 6.45) is 13.7. The number of allylic oxidation sites excluding steroid dienone is 5. The van der Waals surface area contributed by atoms with Crippen molar-refractivity contribution in [2.75, 3.05) is 0 Å². The molecule has 1 aliphatic carbocycles. The van der Waals surface area contributed by atoms with Gasteiger partial charge in [0.1, 0.15) is 0 Å². The van der Waals surface area contributed by atoms with E-state index in [1.807, 2.05) is 6.08 Å². The van der Waals surface area contributed by atoms with E-state index in [9.17, 15) is 0 Å². The highest BCUT2D eigenvalue weighted by atomic mass is 14.1. The van der Waals surface area contributed by atoms with Crippen LogP contribution in [0.4, 0.5) is 0 Å². The Morgan fingerprint density at radius 2 is 2.42 bits per heavy atom. The third kappa shape index (κ3) is 3.08. The van der Waals surface area contributed by atoms with Gasteiger partial charge in [-0.25, -0.2) is 0 Å². The van der Waals surface area contributed by atoms with E-state index in [1.165, 1.54) is 24.8 Å². The fourth-order valence-electron chi connectivity index (χ4n) is 1.62. The summed E-state index contributed by atoms with van der Waals surface area (Å²) in [5.74, 6) is 0.773. The molecule has 1 unspecified atom stereocenters. The minimum absolute atomic E-state index is 0.773. The average molecular weight is 162 g/mol. The Morgan fingerprint density at radius 3 is 3.17 bits per heavy atom. The molecular formula is C12H18. The first kappa shape index (κ1) is 9.31. The van der Waals surface area contributed by atoms with E-state index < -0.39 is 0 Å². The Bertz CT molecular complexity index is 196. The molecule has 0 bridgehead atoms. The summed E-state index contributed by atoms with van der Waals surface area (Å²) in [6.45, 7) is 6.01. The molecule has 0 radical (unpaired) electrons. The van der Waals surface area contributed by atoms with Crippen molar-refractivity contribution in [1.82, 2.24) is 0 Å². The summed E-state index contributed by atoms with van der Waals surface area (Å²) >= 11 is 0. The molecule has 0 saturated heterocycles. The van der Waals surface area contributed by atoms with Crippen molar-refractivity contribution in [2.45, 2.75) is 32.6 Å². The molecule has 0 heterocycles. The zero-order valence-corrected chi connectivity index (χ0v) is 7.92. The second-order valence-electron chi connectivity index (χ2n) is 3.56. The lowest BCUT2D eigenvalue weighted by Gasteiger charge is -2.11. The van der Waals surface area contributed by atoms with Crippen molar-refractivity contribution in [3.63, 3.8) is 0 Å². The van der Waals surface area contributed by atoms with E-state index in [1.54, 1.807) is 0 Å². The van der Waals surface area contributed by atoms with Gasteiger partial charge in [-0.2, -0.15) is 0 Å². The normalized spacial score (nSPS) is 30.8. The molecule has 0 amide bonds. The summed E-state index contributed by atoms with van der Waals surface area (Å²) in [4.78, 5) is 0. The van der Waals surface area contributed by atoms with E-state index in [4.69, 9.17) is 0 Å². The number of hydrogen-bond acceptors (Lipinski definition) is 0. The van der Waals surface area contributed by atoms with Gasteiger partial charge in [0, 0.05) is 0 Å². The van der Waals surface area contributed by atoms with E-state index in [-0.39, 0.29) is 0 Å². The molecule has 66 valence electrons. The van der Waals surface area contributed by atoms with E-state index in [0.717, 1.165) is 12.3 Å². The highest BCUT2D eigenvalue weighted by molar-refractivity contribution is 5.14. The molecule has 0 fully saturated rings. The molecule has 12 heavy (non-hydrogen) atoms. The summed E-state index contributed by atoms with van der Waals surface area (Å²) in [6, 6.07) is 0. The van der Waals surface area contributed by atoms with E-state index in [0.29, 0.717) is 0 Å². The first-order valence-electron chi connectivity index (χ1n) is 4.80. The van der Waals surface area contributed by atoms with Gasteiger partial charge in [-0.05, 0) is 31.6 Å². The fraction of sp³-hybridized carbons (Fsp3) is 0.500. The van der Waals surface area contributed by atoms with Crippen LogP contribution in [0.5, 0.6) is 0 Å². The maximum absolute atomic E-state index is 3.72. The fourth-order valence-corrected chi connectivity index (χ4v) is 1.62. The largest absolute Gasteiger partial charge is 0.0991 e. The van der Waals surface area contributed by atoms with Gasteiger partial charge in [0.2, 0.25) is 0 Å². The first-order valence-corrected chi connectivity index (χ1v) is 4.80. The molecule has 1 aliphatic rings. The van der Waals surface area contributed by atoms with Gasteiger partial charge in [0.05, 0.1) is 0 Å². The van der Waals surface area contributed by atoms with Crippen molar-refractivity contribution in [3.05, 3.63) is 36.5 Å². The molecule has 0 aliphatic heterocycles. The first-order chi connectivity index (χ1) is 5.83. The predicted octanol–water partition coefficient (Wildman–Crippen LogP) is 3.87. The van der Waals surface area contributed by atoms with Crippen LogP contribution in [0.25, 0.3) is 0 Å². The molecule has 1 rings (SSSR count). The van der Waals surface area contributed by atoms with Gasteiger partial charge in [0.25, 0.3) is 0 Å². The van der Waals surface area contributed by atoms with Crippen LogP contribution >= 0.6 is 0 Å². The maximum Gasteiger partial charge on any atom is -0.0136 e. The minimum atomic E-state index is 0.773. The topological polar surface area (TPSA) is 0 Å². The highest BCUT2D eigenvalue weighted by Crippen LogP contribution is 2.20. The van der Waals surface area contributed by atoms with Gasteiger partial charge >= 0.3 is 0 Å². The monoisotopic (exact) mass is 162 g/mol. The van der Waals surface area contributed by atoms with Gasteiger partial charge in [-0.3, -0.25) is 0 Å². The van der Waals surface area contributed by atoms with Crippen molar-refractivity contribution >= 4 is 0 Å². The summed E-state index contributed by atoms with van der Waals surface area (Å²) in [5.41, 5.74) is 1.52. The molecule has 0 N–H and O–H groups in total. The number of hydrogen-bond donors (Lipinski definition) is 0. The van der Waals surface area contributed by atoms with Crippen molar-refractivity contribution < 1.29 is 0 Å². The Labute approximate surface area is 75.7 Å². The second-order valence-corrected chi connectivity index (χ2v) is 3.56. The van der Waals surface area contributed by atoms with Gasteiger partial charge < -0.3 is 0 Å². The van der Waals surface area contributed by atoms with Gasteiger partial charge in [-0.1, -0.05) is 43.4 Å². The van der Waals surface area contributed by atoms with E-state index >= 15 is 0 Å². The Kier molecular flexibility index (Phi) is 3.86. The van der Waals surface area contributed by atoms with Crippen LogP contribution in [0.3, 0.4) is 0 Å². The lowest BCUT2D eigenvalue weighted by atomic mass is 9.95. The summed E-state index contributed by atoms with van der Waals surface area (Å²) in [5, 5.41) is 0. The van der Waals surface area contributed by atoms with E-state index in [2.05, 4.69) is 31.7 Å². The molecule has 0 aromatic carbocycles. The standard InChI is InChI=1S/C12H18/c1-3-6-12-9-4-7-11(2)8-5-10-12/h3-4,6-7,11H,1,5,8-10H2,2H3/b7-4-,12-6+. The lowest BCUT2D eigenvalue weighted by molar-refractivity contribution is 0.592. The third-order valence-corrected chi connectivity index (χ3v) is 2.36. The quantitative estimate of drug-likeness (QED) is 0.513. The molecule has 0 aromatic rings. The molecule has 0 aromatic heterocycles. The SMILES string of the molecule is C=C/C=C1\C/C=C\C(C)CCC1. The zero-order valence-electron chi connectivity index (χ0n) is 7.92. The third-order valence-electron chi connectivity index (χ3n) is 2.36. The molecule has 0 nitrogen and oxygen atoms in total. The van der Waals surface area contributed by atoms with Crippen LogP contribution in [0, 0.1) is 5.92 Å². The Hall–Kier alpha value is -0.780. The van der Waals surface area contributed by atoms with Crippen LogP contribution in [-0.2, 0) is 0 Å². The van der Waals surface area contributed by atoms with Crippen LogP contribution in [0.2, 0.25) is 0 Å². The smallest absolute Gasteiger partial charge is 0.0136 e. The van der Waals surface area contributed by atoms with Crippen LogP contribution in [0.15, 0.2) is 36.5 Å². The minimum Gasteiger partial charge on any atom is -0.0991 e. The highest BCUT2D eigenvalue weighted by Gasteiger charge is 2.02. The second kappa shape index (κ2) is 4.97. The lowest BCUT2D eigenvalue weighted by Crippen LogP contribution is -1.94. The molecule has 0 saturated carbocycles. The zero-order chi connectivity index (χ0) is 8.81. The van der Waals surface area contributed by atoms with Crippen LogP contribution in [-0.4, -0.2) is 0 Å². The Morgan fingerprint density at radius 1 is 1.58 bits per heavy atom. The predicted molar refractivity (Wildman–Crippen MR) is 55.1 cm³/mol. The summed E-state index contributed by atoms with van der Waals surface area (Å²) in [7, 11) is 0. The molecular weight excluding hydrogens is 144 g/mol. The van der Waals surface area contributed by atoms with Gasteiger partial charge in [-0.15, -0.1) is 0 Å². The Balaban J connectivity index is 2.55.